The van der Waals surface area contributed by atoms with Crippen molar-refractivity contribution in [1.29, 1.82) is 0 Å². The summed E-state index contributed by atoms with van der Waals surface area (Å²) in [5, 5.41) is 10.1. The zero-order valence-corrected chi connectivity index (χ0v) is 15.2. The minimum atomic E-state index is -0.756. The van der Waals surface area contributed by atoms with Crippen LogP contribution in [0.4, 0.5) is 11.5 Å². The molecule has 140 valence electrons. The number of hydrogen-bond acceptors (Lipinski definition) is 4. The SMILES string of the molecule is CC(=O)c1ccc(NC(=O)[C@@H]2CC(=O)Nc3cc(-c4ccccc4)nn32)cc1. The van der Waals surface area contributed by atoms with Gasteiger partial charge in [0.25, 0.3) is 0 Å². The van der Waals surface area contributed by atoms with Gasteiger partial charge in [0.15, 0.2) is 5.78 Å². The fraction of sp³-hybridized carbons (Fsp3) is 0.143. The molecule has 0 bridgehead atoms. The van der Waals surface area contributed by atoms with Crippen LogP contribution >= 0.6 is 0 Å². The molecule has 2 aromatic carbocycles. The standard InChI is InChI=1S/C21H18N4O3/c1-13(26)14-7-9-16(10-8-14)22-21(28)18-12-20(27)23-19-11-17(24-25(18)19)15-5-3-2-4-6-15/h2-11,18H,12H2,1H3,(H,22,28)(H,23,27)/t18-/m0/s1. The summed E-state index contributed by atoms with van der Waals surface area (Å²) >= 11 is 0. The monoisotopic (exact) mass is 374 g/mol. The van der Waals surface area contributed by atoms with Crippen LogP contribution in [0.2, 0.25) is 0 Å². The maximum Gasteiger partial charge on any atom is 0.249 e. The third kappa shape index (κ3) is 3.42. The summed E-state index contributed by atoms with van der Waals surface area (Å²) in [5.74, 6) is -0.132. The topological polar surface area (TPSA) is 93.1 Å². The number of rotatable bonds is 4. The number of ketones is 1. The van der Waals surface area contributed by atoms with Gasteiger partial charge >= 0.3 is 0 Å². The van der Waals surface area contributed by atoms with E-state index in [0.29, 0.717) is 22.8 Å². The van der Waals surface area contributed by atoms with E-state index in [4.69, 9.17) is 0 Å². The van der Waals surface area contributed by atoms with E-state index in [2.05, 4.69) is 15.7 Å². The van der Waals surface area contributed by atoms with E-state index < -0.39 is 6.04 Å². The van der Waals surface area contributed by atoms with Gasteiger partial charge in [0.2, 0.25) is 11.8 Å². The highest BCUT2D eigenvalue weighted by molar-refractivity contribution is 6.02. The van der Waals surface area contributed by atoms with Gasteiger partial charge in [0, 0.05) is 22.9 Å². The van der Waals surface area contributed by atoms with Crippen molar-refractivity contribution < 1.29 is 14.4 Å². The fourth-order valence-electron chi connectivity index (χ4n) is 3.15. The molecule has 2 N–H and O–H groups in total. The molecule has 0 fully saturated rings. The lowest BCUT2D eigenvalue weighted by atomic mass is 10.1. The molecule has 0 aliphatic carbocycles. The first-order valence-corrected chi connectivity index (χ1v) is 8.88. The lowest BCUT2D eigenvalue weighted by Crippen LogP contribution is -2.35. The molecule has 0 spiro atoms. The minimum absolute atomic E-state index is 0.000270. The largest absolute Gasteiger partial charge is 0.324 e. The molecule has 2 amide bonds. The Morgan fingerprint density at radius 1 is 1.11 bits per heavy atom. The molecule has 7 heteroatoms. The predicted molar refractivity (Wildman–Crippen MR) is 105 cm³/mol. The Hall–Kier alpha value is -3.74. The van der Waals surface area contributed by atoms with E-state index in [1.165, 1.54) is 6.92 Å². The van der Waals surface area contributed by atoms with Gasteiger partial charge in [-0.3, -0.25) is 14.4 Å². The average molecular weight is 374 g/mol. The van der Waals surface area contributed by atoms with E-state index >= 15 is 0 Å². The molecular formula is C21H18N4O3. The third-order valence-corrected chi connectivity index (χ3v) is 4.61. The van der Waals surface area contributed by atoms with Gasteiger partial charge in [0.05, 0.1) is 12.1 Å². The number of aromatic nitrogens is 2. The lowest BCUT2D eigenvalue weighted by Gasteiger charge is -2.23. The van der Waals surface area contributed by atoms with Crippen LogP contribution in [0.25, 0.3) is 11.3 Å². The first-order chi connectivity index (χ1) is 13.5. The number of nitrogens with zero attached hydrogens (tertiary/aromatic N) is 2. The summed E-state index contributed by atoms with van der Waals surface area (Å²) in [5.41, 5.74) is 2.70. The summed E-state index contributed by atoms with van der Waals surface area (Å²) in [6.07, 6.45) is 0.000270. The van der Waals surface area contributed by atoms with Gasteiger partial charge in [-0.25, -0.2) is 4.68 Å². The zero-order chi connectivity index (χ0) is 19.7. The van der Waals surface area contributed by atoms with Crippen LogP contribution in [-0.4, -0.2) is 27.4 Å². The van der Waals surface area contributed by atoms with E-state index in [9.17, 15) is 14.4 Å². The zero-order valence-electron chi connectivity index (χ0n) is 15.2. The Labute approximate surface area is 161 Å². The molecule has 0 radical (unpaired) electrons. The number of hydrogen-bond donors (Lipinski definition) is 2. The fourth-order valence-corrected chi connectivity index (χ4v) is 3.15. The van der Waals surface area contributed by atoms with E-state index in [1.54, 1.807) is 35.0 Å². The van der Waals surface area contributed by atoms with Gasteiger partial charge in [-0.1, -0.05) is 30.3 Å². The van der Waals surface area contributed by atoms with Crippen LogP contribution in [0.3, 0.4) is 0 Å². The van der Waals surface area contributed by atoms with E-state index in [0.717, 1.165) is 5.56 Å². The number of Topliss-reactive ketones (excluding diaryl/α,β-unsaturated/α-hetero) is 1. The van der Waals surface area contributed by atoms with Crippen LogP contribution in [0, 0.1) is 0 Å². The van der Waals surface area contributed by atoms with Gasteiger partial charge in [0.1, 0.15) is 11.9 Å². The van der Waals surface area contributed by atoms with Crippen LogP contribution < -0.4 is 10.6 Å². The predicted octanol–water partition coefficient (Wildman–Crippen LogP) is 3.27. The minimum Gasteiger partial charge on any atom is -0.324 e. The van der Waals surface area contributed by atoms with Crippen molar-refractivity contribution in [3.8, 4) is 11.3 Å². The molecule has 4 rings (SSSR count). The molecule has 0 saturated heterocycles. The first kappa shape index (κ1) is 17.7. The molecular weight excluding hydrogens is 356 g/mol. The second kappa shape index (κ2) is 7.11. The van der Waals surface area contributed by atoms with Gasteiger partial charge < -0.3 is 10.6 Å². The third-order valence-electron chi connectivity index (χ3n) is 4.61. The molecule has 28 heavy (non-hydrogen) atoms. The lowest BCUT2D eigenvalue weighted by molar-refractivity contribution is -0.125. The summed E-state index contributed by atoms with van der Waals surface area (Å²) in [6, 6.07) is 17.2. The number of carbonyl (C=O) groups is 3. The van der Waals surface area contributed by atoms with Gasteiger partial charge in [-0.05, 0) is 31.2 Å². The maximum absolute atomic E-state index is 12.8. The van der Waals surface area contributed by atoms with Crippen LogP contribution in [-0.2, 0) is 9.59 Å². The number of amides is 2. The molecule has 1 atom stereocenters. The molecule has 0 unspecified atom stereocenters. The van der Waals surface area contributed by atoms with Crippen LogP contribution in [0.5, 0.6) is 0 Å². The van der Waals surface area contributed by atoms with E-state index in [1.807, 2.05) is 30.3 Å². The molecule has 2 heterocycles. The molecule has 7 nitrogen and oxygen atoms in total. The highest BCUT2D eigenvalue weighted by atomic mass is 16.2. The van der Waals surface area contributed by atoms with Gasteiger partial charge in [-0.15, -0.1) is 0 Å². The van der Waals surface area contributed by atoms with Crippen molar-refractivity contribution in [2.24, 2.45) is 0 Å². The summed E-state index contributed by atoms with van der Waals surface area (Å²) in [7, 11) is 0. The smallest absolute Gasteiger partial charge is 0.249 e. The maximum atomic E-state index is 12.8. The quantitative estimate of drug-likeness (QED) is 0.686. The Kier molecular flexibility index (Phi) is 4.49. The summed E-state index contributed by atoms with van der Waals surface area (Å²) in [6.45, 7) is 1.48. The number of fused-ring (bicyclic) bond motifs is 1. The number of anilines is 2. The molecule has 3 aromatic rings. The normalized spacial score (nSPS) is 15.5. The average Bonchev–Trinajstić information content (AvgIpc) is 3.12. The van der Waals surface area contributed by atoms with Crippen molar-refractivity contribution in [3.63, 3.8) is 0 Å². The van der Waals surface area contributed by atoms with E-state index in [-0.39, 0.29) is 24.0 Å². The Morgan fingerprint density at radius 2 is 1.82 bits per heavy atom. The highest BCUT2D eigenvalue weighted by Crippen LogP contribution is 2.30. The number of carbonyl (C=O) groups excluding carboxylic acids is 3. The van der Waals surface area contributed by atoms with Crippen molar-refractivity contribution >= 4 is 29.1 Å². The first-order valence-electron chi connectivity index (χ1n) is 8.88. The summed E-state index contributed by atoms with van der Waals surface area (Å²) in [4.78, 5) is 36.3. The van der Waals surface area contributed by atoms with Crippen LogP contribution in [0.1, 0.15) is 29.7 Å². The second-order valence-corrected chi connectivity index (χ2v) is 6.62. The summed E-state index contributed by atoms with van der Waals surface area (Å²) < 4.78 is 1.54. The number of nitrogens with one attached hydrogen (secondary N) is 2. The van der Waals surface area contributed by atoms with Crippen molar-refractivity contribution in [2.75, 3.05) is 10.6 Å². The van der Waals surface area contributed by atoms with Crippen molar-refractivity contribution in [1.82, 2.24) is 9.78 Å². The molecule has 1 aliphatic rings. The Morgan fingerprint density at radius 3 is 2.50 bits per heavy atom. The Bertz CT molecular complexity index is 1060. The Balaban J connectivity index is 1.60. The number of benzene rings is 2. The van der Waals surface area contributed by atoms with Crippen molar-refractivity contribution in [3.05, 3.63) is 66.2 Å². The second-order valence-electron chi connectivity index (χ2n) is 6.62. The molecule has 0 saturated carbocycles. The van der Waals surface area contributed by atoms with Gasteiger partial charge in [-0.2, -0.15) is 5.10 Å². The molecule has 1 aromatic heterocycles. The van der Waals surface area contributed by atoms with Crippen LogP contribution in [0.15, 0.2) is 60.7 Å². The van der Waals surface area contributed by atoms with Crippen molar-refractivity contribution in [2.45, 2.75) is 19.4 Å². The highest BCUT2D eigenvalue weighted by Gasteiger charge is 2.32. The molecule has 1 aliphatic heterocycles.